The van der Waals surface area contributed by atoms with Gasteiger partial charge in [-0.1, -0.05) is 52.0 Å². The highest BCUT2D eigenvalue weighted by molar-refractivity contribution is 5.87. The molecule has 3 fully saturated rings. The monoisotopic (exact) mass is 802 g/mol. The molecule has 1 aromatic rings. The Morgan fingerprint density at radius 3 is 2.09 bits per heavy atom. The van der Waals surface area contributed by atoms with Gasteiger partial charge in [0.2, 0.25) is 11.8 Å². The molecule has 1 aromatic heterocycles. The number of allylic oxidation sites excluding steroid dienone is 1. The quantitative estimate of drug-likeness (QED) is 0.0513. The summed E-state index contributed by atoms with van der Waals surface area (Å²) in [6.45, 7) is 4.72. The summed E-state index contributed by atoms with van der Waals surface area (Å²) < 4.78 is 24.1. The van der Waals surface area contributed by atoms with Crippen molar-refractivity contribution in [2.24, 2.45) is 5.92 Å². The fraction of sp³-hybridized carbons (Fsp3) is 0.778. The second-order valence-corrected chi connectivity index (χ2v) is 15.1. The lowest BCUT2D eigenvalue weighted by molar-refractivity contribution is -0.346. The highest BCUT2D eigenvalue weighted by Gasteiger charge is 2.53. The van der Waals surface area contributed by atoms with Crippen molar-refractivity contribution in [3.63, 3.8) is 0 Å². The van der Waals surface area contributed by atoms with E-state index in [2.05, 4.69) is 24.5 Å². The Kier molecular flexibility index (Phi) is 17.1. The molecule has 2 amide bonds. The third-order valence-corrected chi connectivity index (χ3v) is 10.2. The van der Waals surface area contributed by atoms with Gasteiger partial charge in [0, 0.05) is 25.6 Å². The zero-order valence-corrected chi connectivity index (χ0v) is 31.7. The summed E-state index contributed by atoms with van der Waals surface area (Å²) >= 11 is 0. The van der Waals surface area contributed by atoms with Gasteiger partial charge in [0.1, 0.15) is 60.9 Å². The fourth-order valence-corrected chi connectivity index (χ4v) is 7.10. The molecule has 0 radical (unpaired) electrons. The SMILES string of the molecule is CC(=O)N[C@H]1[C@@H](O[C@@H]2O[C@H](C[C@H](O)[C@H]3O[C@@H](n4ccc(=O)[nH]c4=O)[C@H](O)[C@@H]3O)[C@H](O)[C@H](O)[C@H]2NC(=O)/C=C/CCCCCCCC(C)C)O[C@H](CO)[C@@H](O)[C@@H]1O. The van der Waals surface area contributed by atoms with Crippen LogP contribution in [0.5, 0.6) is 0 Å². The molecule has 3 aliphatic heterocycles. The number of rotatable bonds is 18. The van der Waals surface area contributed by atoms with E-state index in [1.807, 2.05) is 4.98 Å². The summed E-state index contributed by atoms with van der Waals surface area (Å²) in [5.41, 5.74) is -1.69. The number of amides is 2. The van der Waals surface area contributed by atoms with Gasteiger partial charge in [-0.2, -0.15) is 0 Å². The number of ether oxygens (including phenoxy) is 4. The Balaban J connectivity index is 1.50. The number of aromatic nitrogens is 2. The maximum Gasteiger partial charge on any atom is 0.330 e. The first-order valence-electron chi connectivity index (χ1n) is 19.1. The zero-order valence-electron chi connectivity index (χ0n) is 31.7. The molecule has 15 atom stereocenters. The third-order valence-electron chi connectivity index (χ3n) is 10.2. The van der Waals surface area contributed by atoms with Gasteiger partial charge in [0.25, 0.3) is 5.56 Å². The first-order chi connectivity index (χ1) is 26.5. The van der Waals surface area contributed by atoms with Crippen LogP contribution in [0, 0.1) is 5.92 Å². The number of aliphatic hydroxyl groups is 8. The molecule has 0 aliphatic carbocycles. The van der Waals surface area contributed by atoms with Crippen LogP contribution < -0.4 is 21.9 Å². The number of H-pyrrole nitrogens is 1. The number of unbranched alkanes of at least 4 members (excludes halogenated alkanes) is 5. The van der Waals surface area contributed by atoms with Crippen molar-refractivity contribution in [1.29, 1.82) is 0 Å². The number of carbonyl (C=O) groups is 2. The molecule has 20 nitrogen and oxygen atoms in total. The van der Waals surface area contributed by atoms with E-state index in [0.29, 0.717) is 12.3 Å². The number of nitrogens with one attached hydrogen (secondary N) is 3. The molecule has 4 rings (SSSR count). The van der Waals surface area contributed by atoms with Gasteiger partial charge in [0.05, 0.1) is 18.8 Å². The highest BCUT2D eigenvalue weighted by atomic mass is 16.8. The van der Waals surface area contributed by atoms with Crippen molar-refractivity contribution in [3.05, 3.63) is 45.3 Å². The number of hydrogen-bond acceptors (Lipinski definition) is 16. The fourth-order valence-electron chi connectivity index (χ4n) is 7.10. The van der Waals surface area contributed by atoms with Crippen LogP contribution in [0.2, 0.25) is 0 Å². The Labute approximate surface area is 323 Å². The number of aromatic amines is 1. The topological polar surface area (TPSA) is 312 Å². The van der Waals surface area contributed by atoms with Crippen LogP contribution in [0.1, 0.15) is 78.4 Å². The molecular weight excluding hydrogens is 744 g/mol. The van der Waals surface area contributed by atoms with E-state index in [1.54, 1.807) is 6.08 Å². The van der Waals surface area contributed by atoms with Crippen LogP contribution in [0.3, 0.4) is 0 Å². The molecule has 0 unspecified atom stereocenters. The van der Waals surface area contributed by atoms with E-state index in [-0.39, 0.29) is 0 Å². The lowest BCUT2D eigenvalue weighted by atomic mass is 9.91. The predicted molar refractivity (Wildman–Crippen MR) is 193 cm³/mol. The van der Waals surface area contributed by atoms with Crippen molar-refractivity contribution in [3.8, 4) is 0 Å². The van der Waals surface area contributed by atoms with Crippen LogP contribution in [0.4, 0.5) is 0 Å². The number of hydrogen-bond donors (Lipinski definition) is 11. The van der Waals surface area contributed by atoms with Gasteiger partial charge in [-0.3, -0.25) is 23.9 Å². The van der Waals surface area contributed by atoms with E-state index in [4.69, 9.17) is 18.9 Å². The summed E-state index contributed by atoms with van der Waals surface area (Å²) in [6, 6.07) is -2.01. The summed E-state index contributed by atoms with van der Waals surface area (Å²) in [5, 5.41) is 91.2. The summed E-state index contributed by atoms with van der Waals surface area (Å²) in [4.78, 5) is 51.0. The van der Waals surface area contributed by atoms with Crippen molar-refractivity contribution >= 4 is 11.8 Å². The lowest BCUT2D eigenvalue weighted by Crippen LogP contribution is -2.68. The van der Waals surface area contributed by atoms with E-state index in [0.717, 1.165) is 55.9 Å². The summed E-state index contributed by atoms with van der Waals surface area (Å²) in [5.74, 6) is -0.694. The molecule has 20 heteroatoms. The van der Waals surface area contributed by atoms with Crippen LogP contribution >= 0.6 is 0 Å². The normalized spacial score (nSPS) is 35.5. The van der Waals surface area contributed by atoms with Gasteiger partial charge in [0.15, 0.2) is 18.8 Å². The molecule has 0 saturated carbocycles. The highest BCUT2D eigenvalue weighted by Crippen LogP contribution is 2.34. The minimum atomic E-state index is -1.85. The van der Waals surface area contributed by atoms with Crippen molar-refractivity contribution in [2.45, 2.75) is 164 Å². The number of aliphatic hydroxyl groups excluding tert-OH is 8. The van der Waals surface area contributed by atoms with Gasteiger partial charge in [-0.05, 0) is 24.8 Å². The van der Waals surface area contributed by atoms with Crippen LogP contribution in [0.15, 0.2) is 34.0 Å². The molecule has 11 N–H and O–H groups in total. The first kappa shape index (κ1) is 45.6. The Hall–Kier alpha value is -3.12. The zero-order chi connectivity index (χ0) is 41.3. The largest absolute Gasteiger partial charge is 0.394 e. The standard InChI is InChI=1S/C36H58N4O16/c1-17(2)11-9-7-5-4-6-8-10-12-22(44)38-25-29(49)26(46)20(53-35(25)56-34-24(37-18(3)42)28(48)27(47)21(16-41)54-34)15-19(43)32-30(50)31(51)33(55-32)40-14-13-23(45)39-36(40)52/h10,12-14,17,19-21,24-35,41,43,46-51H,4-9,11,15-16H2,1-3H3,(H,37,42)(H,38,44)(H,39,45,52)/b12-10+/t19-,20+,21+,24+,25+,26-,27+,28+,29+,30-,31+,32+,33+,34+,35-/m0/s1. The van der Waals surface area contributed by atoms with Gasteiger partial charge in [-0.25, -0.2) is 4.79 Å². The summed E-state index contributed by atoms with van der Waals surface area (Å²) in [7, 11) is 0. The Morgan fingerprint density at radius 1 is 0.857 bits per heavy atom. The summed E-state index contributed by atoms with van der Waals surface area (Å²) in [6.07, 6.45) is -11.5. The minimum Gasteiger partial charge on any atom is -0.394 e. The molecule has 56 heavy (non-hydrogen) atoms. The molecule has 0 bridgehead atoms. The van der Waals surface area contributed by atoms with Crippen LogP contribution in [-0.2, 0) is 28.5 Å². The first-order valence-corrected chi connectivity index (χ1v) is 19.1. The van der Waals surface area contributed by atoms with Crippen molar-refractivity contribution < 1.29 is 69.4 Å². The van der Waals surface area contributed by atoms with Gasteiger partial charge in [-0.15, -0.1) is 0 Å². The van der Waals surface area contributed by atoms with Gasteiger partial charge < -0.3 is 70.4 Å². The molecule has 0 spiro atoms. The van der Waals surface area contributed by atoms with Gasteiger partial charge >= 0.3 is 5.69 Å². The molecule has 3 aliphatic rings. The Morgan fingerprint density at radius 2 is 1.46 bits per heavy atom. The smallest absolute Gasteiger partial charge is 0.330 e. The second-order valence-electron chi connectivity index (χ2n) is 15.1. The van der Waals surface area contributed by atoms with E-state index < -0.39 is 128 Å². The van der Waals surface area contributed by atoms with Crippen LogP contribution in [0.25, 0.3) is 0 Å². The molecule has 3 saturated heterocycles. The average Bonchev–Trinajstić information content (AvgIpc) is 3.43. The maximum absolute atomic E-state index is 13.1. The number of nitrogens with zero attached hydrogens (tertiary/aromatic N) is 1. The predicted octanol–water partition coefficient (Wildman–Crippen LogP) is -3.26. The molecule has 4 heterocycles. The van der Waals surface area contributed by atoms with Crippen molar-refractivity contribution in [1.82, 2.24) is 20.2 Å². The minimum absolute atomic E-state index is 0.598. The average molecular weight is 803 g/mol. The third kappa shape index (κ3) is 11.7. The van der Waals surface area contributed by atoms with Crippen molar-refractivity contribution in [2.75, 3.05) is 6.61 Å². The van der Waals surface area contributed by atoms with Crippen LogP contribution in [-0.4, -0.2) is 155 Å². The number of carbonyl (C=O) groups excluding carboxylic acids is 2. The second kappa shape index (κ2) is 21.0. The molecule has 0 aromatic carbocycles. The lowest BCUT2D eigenvalue weighted by Gasteiger charge is -2.47. The molecular formula is C36H58N4O16. The van der Waals surface area contributed by atoms with E-state index in [1.165, 1.54) is 12.5 Å². The Bertz CT molecular complexity index is 1560. The van der Waals surface area contributed by atoms with E-state index in [9.17, 15) is 60.0 Å². The maximum atomic E-state index is 13.1. The molecule has 318 valence electrons. The van der Waals surface area contributed by atoms with E-state index >= 15 is 0 Å².